The minimum absolute atomic E-state index is 0.0657. The molecule has 28 heavy (non-hydrogen) atoms. The fourth-order valence-electron chi connectivity index (χ4n) is 2.33. The molecule has 6 nitrogen and oxygen atoms in total. The summed E-state index contributed by atoms with van der Waals surface area (Å²) in [4.78, 5) is 12.0. The topological polar surface area (TPSA) is 63.2 Å². The number of carbonyl (C=O) groups is 1. The Kier molecular flexibility index (Phi) is 7.62. The third-order valence-corrected chi connectivity index (χ3v) is 3.66. The smallest absolute Gasteiger partial charge is 0.387 e. The molecule has 0 heterocycles. The molecule has 0 aliphatic rings. The van der Waals surface area contributed by atoms with E-state index in [4.69, 9.17) is 18.9 Å². The summed E-state index contributed by atoms with van der Waals surface area (Å²) in [6, 6.07) is 9.46. The van der Waals surface area contributed by atoms with Crippen molar-refractivity contribution < 1.29 is 37.3 Å². The van der Waals surface area contributed by atoms with Crippen LogP contribution in [-0.2, 0) is 16.1 Å². The molecule has 2 rings (SSSR count). The van der Waals surface area contributed by atoms with Crippen LogP contribution in [0, 0.1) is 0 Å². The van der Waals surface area contributed by atoms with E-state index in [0.717, 1.165) is 0 Å². The van der Waals surface area contributed by atoms with Gasteiger partial charge in [-0.25, -0.2) is 4.79 Å². The molecule has 0 atom stereocenters. The molecule has 2 aromatic carbocycles. The van der Waals surface area contributed by atoms with Gasteiger partial charge in [-0.05, 0) is 42.0 Å². The molecule has 0 saturated heterocycles. The Hall–Kier alpha value is -3.29. The van der Waals surface area contributed by atoms with Crippen LogP contribution in [0.1, 0.15) is 11.1 Å². The lowest BCUT2D eigenvalue weighted by Crippen LogP contribution is -2.05. The second kappa shape index (κ2) is 10.1. The molecule has 0 aliphatic heterocycles. The second-order valence-electron chi connectivity index (χ2n) is 5.41. The van der Waals surface area contributed by atoms with Gasteiger partial charge in [0.15, 0.2) is 11.5 Å². The van der Waals surface area contributed by atoms with Crippen molar-refractivity contribution in [3.63, 3.8) is 0 Å². The van der Waals surface area contributed by atoms with Crippen LogP contribution in [0.15, 0.2) is 42.5 Å². The summed E-state index contributed by atoms with van der Waals surface area (Å²) in [5.74, 6) is 0.621. The molecule has 0 bridgehead atoms. The van der Waals surface area contributed by atoms with Crippen LogP contribution in [0.25, 0.3) is 6.08 Å². The molecule has 0 spiro atoms. The van der Waals surface area contributed by atoms with E-state index in [-0.39, 0.29) is 18.1 Å². The lowest BCUT2D eigenvalue weighted by Gasteiger charge is -2.11. The highest BCUT2D eigenvalue weighted by atomic mass is 19.3. The molecule has 0 radical (unpaired) electrons. The lowest BCUT2D eigenvalue weighted by molar-refractivity contribution is -0.138. The largest absolute Gasteiger partial charge is 0.497 e. The summed E-state index contributed by atoms with van der Waals surface area (Å²) in [6.45, 7) is -3.03. The SMILES string of the molecule is COc1ccc(OC)c(/C=C/C(=O)OCc2ccc(OC(F)F)c(OC)c2)c1. The van der Waals surface area contributed by atoms with Gasteiger partial charge in [0.1, 0.15) is 18.1 Å². The van der Waals surface area contributed by atoms with E-state index in [9.17, 15) is 13.6 Å². The number of benzene rings is 2. The third kappa shape index (κ3) is 5.87. The van der Waals surface area contributed by atoms with Gasteiger partial charge in [-0.2, -0.15) is 8.78 Å². The summed E-state index contributed by atoms with van der Waals surface area (Å²) >= 11 is 0. The van der Waals surface area contributed by atoms with Crippen LogP contribution < -0.4 is 18.9 Å². The van der Waals surface area contributed by atoms with Gasteiger partial charge in [-0.3, -0.25) is 0 Å². The number of alkyl halides is 2. The predicted molar refractivity (Wildman–Crippen MR) is 98.0 cm³/mol. The highest BCUT2D eigenvalue weighted by molar-refractivity contribution is 5.87. The monoisotopic (exact) mass is 394 g/mol. The van der Waals surface area contributed by atoms with Crippen LogP contribution in [0.2, 0.25) is 0 Å². The number of halogens is 2. The van der Waals surface area contributed by atoms with Gasteiger partial charge in [-0.1, -0.05) is 6.07 Å². The molecular formula is C20H20F2O6. The Morgan fingerprint density at radius 2 is 1.68 bits per heavy atom. The zero-order valence-corrected chi connectivity index (χ0v) is 15.6. The molecular weight excluding hydrogens is 374 g/mol. The maximum absolute atomic E-state index is 12.3. The standard InChI is InChI=1S/C20H20F2O6/c1-24-15-6-8-16(25-2)14(11-15)5-9-19(23)27-12-13-4-7-17(28-20(21)22)18(10-13)26-3/h4-11,20H,12H2,1-3H3/b9-5+. The molecule has 0 aromatic heterocycles. The molecule has 2 aromatic rings. The van der Waals surface area contributed by atoms with E-state index >= 15 is 0 Å². The van der Waals surface area contributed by atoms with Crippen molar-refractivity contribution in [2.24, 2.45) is 0 Å². The Balaban J connectivity index is 2.01. The zero-order chi connectivity index (χ0) is 20.5. The maximum Gasteiger partial charge on any atom is 0.387 e. The van der Waals surface area contributed by atoms with Crippen molar-refractivity contribution in [3.05, 3.63) is 53.6 Å². The van der Waals surface area contributed by atoms with E-state index in [1.807, 2.05) is 0 Å². The zero-order valence-electron chi connectivity index (χ0n) is 15.6. The molecule has 8 heteroatoms. The highest BCUT2D eigenvalue weighted by Gasteiger charge is 2.11. The first kappa shape index (κ1) is 21.0. The van der Waals surface area contributed by atoms with Crippen LogP contribution in [0.4, 0.5) is 8.78 Å². The Morgan fingerprint density at radius 1 is 0.964 bits per heavy atom. The first-order chi connectivity index (χ1) is 13.5. The van der Waals surface area contributed by atoms with Crippen LogP contribution >= 0.6 is 0 Å². The number of ether oxygens (including phenoxy) is 5. The summed E-state index contributed by atoms with van der Waals surface area (Å²) < 4.78 is 49.6. The van der Waals surface area contributed by atoms with Crippen molar-refractivity contribution in [2.45, 2.75) is 13.2 Å². The van der Waals surface area contributed by atoms with E-state index < -0.39 is 12.6 Å². The van der Waals surface area contributed by atoms with Crippen LogP contribution in [0.3, 0.4) is 0 Å². The van der Waals surface area contributed by atoms with Crippen molar-refractivity contribution in [3.8, 4) is 23.0 Å². The van der Waals surface area contributed by atoms with Crippen molar-refractivity contribution >= 4 is 12.0 Å². The first-order valence-corrected chi connectivity index (χ1v) is 8.15. The highest BCUT2D eigenvalue weighted by Crippen LogP contribution is 2.30. The molecule has 0 amide bonds. The molecule has 0 unspecified atom stereocenters. The summed E-state index contributed by atoms with van der Waals surface area (Å²) in [5, 5.41) is 0. The summed E-state index contributed by atoms with van der Waals surface area (Å²) in [6.07, 6.45) is 2.80. The van der Waals surface area contributed by atoms with Gasteiger partial charge in [0.05, 0.1) is 21.3 Å². The Labute approximate surface area is 161 Å². The fourth-order valence-corrected chi connectivity index (χ4v) is 2.33. The van der Waals surface area contributed by atoms with Crippen molar-refractivity contribution in [1.29, 1.82) is 0 Å². The molecule has 0 fully saturated rings. The van der Waals surface area contributed by atoms with E-state index in [1.165, 1.54) is 45.6 Å². The van der Waals surface area contributed by atoms with Gasteiger partial charge in [0.2, 0.25) is 0 Å². The maximum atomic E-state index is 12.3. The number of hydrogen-bond donors (Lipinski definition) is 0. The number of esters is 1. The normalized spacial score (nSPS) is 10.8. The van der Waals surface area contributed by atoms with Gasteiger partial charge >= 0.3 is 12.6 Å². The summed E-state index contributed by atoms with van der Waals surface area (Å²) in [7, 11) is 4.38. The molecule has 0 N–H and O–H groups in total. The number of carbonyl (C=O) groups excluding carboxylic acids is 1. The minimum atomic E-state index is -2.96. The van der Waals surface area contributed by atoms with Gasteiger partial charge < -0.3 is 23.7 Å². The average molecular weight is 394 g/mol. The molecule has 0 saturated carbocycles. The van der Waals surface area contributed by atoms with Gasteiger partial charge in [-0.15, -0.1) is 0 Å². The quantitative estimate of drug-likeness (QED) is 0.472. The van der Waals surface area contributed by atoms with E-state index in [0.29, 0.717) is 22.6 Å². The van der Waals surface area contributed by atoms with Crippen LogP contribution in [-0.4, -0.2) is 33.9 Å². The third-order valence-electron chi connectivity index (χ3n) is 3.66. The first-order valence-electron chi connectivity index (χ1n) is 8.15. The van der Waals surface area contributed by atoms with Crippen LogP contribution in [0.5, 0.6) is 23.0 Å². The number of hydrogen-bond acceptors (Lipinski definition) is 6. The van der Waals surface area contributed by atoms with Crippen molar-refractivity contribution in [1.82, 2.24) is 0 Å². The summed E-state index contributed by atoms with van der Waals surface area (Å²) in [5.41, 5.74) is 1.20. The fraction of sp³-hybridized carbons (Fsp3) is 0.250. The predicted octanol–water partition coefficient (Wildman–Crippen LogP) is 4.07. The molecule has 150 valence electrons. The van der Waals surface area contributed by atoms with Crippen molar-refractivity contribution in [2.75, 3.05) is 21.3 Å². The second-order valence-corrected chi connectivity index (χ2v) is 5.41. The molecule has 0 aliphatic carbocycles. The number of rotatable bonds is 9. The Bertz CT molecular complexity index is 835. The Morgan fingerprint density at radius 3 is 2.32 bits per heavy atom. The van der Waals surface area contributed by atoms with E-state index in [1.54, 1.807) is 24.3 Å². The lowest BCUT2D eigenvalue weighted by atomic mass is 10.1. The number of methoxy groups -OCH3 is 3. The minimum Gasteiger partial charge on any atom is -0.497 e. The van der Waals surface area contributed by atoms with E-state index in [2.05, 4.69) is 4.74 Å². The van der Waals surface area contributed by atoms with Gasteiger partial charge in [0, 0.05) is 11.6 Å². The average Bonchev–Trinajstić information content (AvgIpc) is 2.70. The van der Waals surface area contributed by atoms with Gasteiger partial charge in [0.25, 0.3) is 0 Å².